The van der Waals surface area contributed by atoms with Gasteiger partial charge in [-0.2, -0.15) is 0 Å². The van der Waals surface area contributed by atoms with E-state index in [1.54, 1.807) is 6.08 Å². The van der Waals surface area contributed by atoms with Crippen LogP contribution in [-0.2, 0) is 20.7 Å². The van der Waals surface area contributed by atoms with E-state index in [4.69, 9.17) is 4.74 Å². The Balaban J connectivity index is 1.79. The van der Waals surface area contributed by atoms with E-state index in [0.717, 1.165) is 12.1 Å². The second kappa shape index (κ2) is 10.9. The normalized spacial score (nSPS) is 12.1. The van der Waals surface area contributed by atoms with Crippen LogP contribution < -0.4 is 0 Å². The zero-order valence-corrected chi connectivity index (χ0v) is 18.6. The molecule has 0 amide bonds. The van der Waals surface area contributed by atoms with Gasteiger partial charge in [0.05, 0.1) is 0 Å². The second-order valence-electron chi connectivity index (χ2n) is 7.68. The number of phenolic OH excluding ortho intramolecular Hbond substituents is 6. The maximum Gasteiger partial charge on any atom is 0.345 e. The first-order chi connectivity index (χ1) is 17.0. The first kappa shape index (κ1) is 25.5. The van der Waals surface area contributed by atoms with Crippen molar-refractivity contribution in [1.82, 2.24) is 0 Å². The van der Waals surface area contributed by atoms with Crippen molar-refractivity contribution in [1.29, 1.82) is 0 Å². The van der Waals surface area contributed by atoms with Crippen LogP contribution in [0, 0.1) is 0 Å². The first-order valence-electron chi connectivity index (χ1n) is 10.4. The molecule has 0 aliphatic carbocycles. The number of benzene rings is 3. The summed E-state index contributed by atoms with van der Waals surface area (Å²) in [4.78, 5) is 23.9. The maximum atomic E-state index is 12.3. The van der Waals surface area contributed by atoms with Gasteiger partial charge in [0.15, 0.2) is 34.5 Å². The molecule has 3 rings (SSSR count). The van der Waals surface area contributed by atoms with Crippen molar-refractivity contribution in [2.75, 3.05) is 0 Å². The van der Waals surface area contributed by atoms with Gasteiger partial charge in [-0.15, -0.1) is 0 Å². The minimum atomic E-state index is -1.58. The van der Waals surface area contributed by atoms with Crippen molar-refractivity contribution in [3.05, 3.63) is 76.9 Å². The number of aromatic hydroxyl groups is 6. The van der Waals surface area contributed by atoms with Gasteiger partial charge in [0, 0.05) is 12.5 Å². The number of esters is 1. The molecule has 0 bridgehead atoms. The molecule has 186 valence electrons. The summed E-state index contributed by atoms with van der Waals surface area (Å²) in [5.41, 5.74) is 1.45. The lowest BCUT2D eigenvalue weighted by molar-refractivity contribution is -0.160. The molecular formula is C26H22O10. The summed E-state index contributed by atoms with van der Waals surface area (Å²) < 4.78 is 5.00. The van der Waals surface area contributed by atoms with Crippen molar-refractivity contribution in [2.45, 2.75) is 12.5 Å². The summed E-state index contributed by atoms with van der Waals surface area (Å²) in [6, 6.07) is 10.2. The summed E-state index contributed by atoms with van der Waals surface area (Å²) >= 11 is 0. The van der Waals surface area contributed by atoms with Crippen LogP contribution in [0.4, 0.5) is 0 Å². The highest BCUT2D eigenvalue weighted by atomic mass is 16.6. The average molecular weight is 494 g/mol. The fourth-order valence-corrected chi connectivity index (χ4v) is 3.15. The Bertz CT molecular complexity index is 1360. The summed E-state index contributed by atoms with van der Waals surface area (Å²) in [5.74, 6) is -4.76. The predicted octanol–water partition coefficient (Wildman–Crippen LogP) is 3.34. The molecule has 0 fully saturated rings. The number of phenols is 6. The Kier molecular flexibility index (Phi) is 7.70. The minimum Gasteiger partial charge on any atom is -0.504 e. The van der Waals surface area contributed by atoms with Crippen LogP contribution in [0.25, 0.3) is 18.2 Å². The smallest absolute Gasteiger partial charge is 0.345 e. The monoisotopic (exact) mass is 494 g/mol. The van der Waals surface area contributed by atoms with Crippen molar-refractivity contribution in [2.24, 2.45) is 0 Å². The average Bonchev–Trinajstić information content (AvgIpc) is 2.82. The largest absolute Gasteiger partial charge is 0.504 e. The van der Waals surface area contributed by atoms with E-state index in [0.29, 0.717) is 16.7 Å². The van der Waals surface area contributed by atoms with E-state index in [-0.39, 0.29) is 29.2 Å². The highest BCUT2D eigenvalue weighted by molar-refractivity contribution is 5.90. The molecule has 1 atom stereocenters. The molecule has 3 aromatic rings. The van der Waals surface area contributed by atoms with Gasteiger partial charge in [-0.05, 0) is 64.7 Å². The molecule has 0 spiro atoms. The molecule has 10 heteroatoms. The van der Waals surface area contributed by atoms with Crippen molar-refractivity contribution in [3.63, 3.8) is 0 Å². The second-order valence-corrected chi connectivity index (χ2v) is 7.68. The van der Waals surface area contributed by atoms with E-state index in [1.165, 1.54) is 54.6 Å². The fraction of sp³-hybridized carbons (Fsp3) is 0.0769. The third-order valence-corrected chi connectivity index (χ3v) is 5.03. The van der Waals surface area contributed by atoms with Gasteiger partial charge in [-0.1, -0.05) is 24.3 Å². The number of carbonyl (C=O) groups is 2. The molecule has 0 saturated heterocycles. The number of carbonyl (C=O) groups excluding carboxylic acids is 1. The standard InChI is InChI=1S/C26H22O10/c27-18-6-2-14(9-20(18)29)1-4-16-12-22(31)23(32)13-17(16)5-8-25(33)36-24(26(34)35)11-15-3-7-19(28)21(30)10-15/h1-10,12-13,24,27-32H,11H2,(H,34,35)/b4-1+,8-5+/t24-/m1/s1. The molecule has 0 saturated carbocycles. The van der Waals surface area contributed by atoms with Crippen LogP contribution in [0.5, 0.6) is 34.5 Å². The van der Waals surface area contributed by atoms with E-state index in [2.05, 4.69) is 0 Å². The lowest BCUT2D eigenvalue weighted by atomic mass is 10.0. The Morgan fingerprint density at radius 2 is 1.25 bits per heavy atom. The first-order valence-corrected chi connectivity index (χ1v) is 10.4. The maximum absolute atomic E-state index is 12.3. The van der Waals surface area contributed by atoms with E-state index in [9.17, 15) is 45.3 Å². The lowest BCUT2D eigenvalue weighted by Gasteiger charge is -2.13. The van der Waals surface area contributed by atoms with Crippen molar-refractivity contribution in [3.8, 4) is 34.5 Å². The van der Waals surface area contributed by atoms with Gasteiger partial charge in [-0.25, -0.2) is 9.59 Å². The molecule has 0 radical (unpaired) electrons. The SMILES string of the molecule is O=C(/C=C/c1cc(O)c(O)cc1/C=C/c1ccc(O)c(O)c1)O[C@H](Cc1ccc(O)c(O)c1)C(=O)O. The minimum absolute atomic E-state index is 0.268. The Hall–Kier alpha value is -5.12. The van der Waals surface area contributed by atoms with Crippen LogP contribution in [0.2, 0.25) is 0 Å². The number of rotatable bonds is 8. The van der Waals surface area contributed by atoms with Gasteiger partial charge in [-0.3, -0.25) is 0 Å². The number of ether oxygens (including phenoxy) is 1. The molecule has 10 nitrogen and oxygen atoms in total. The number of hydrogen-bond acceptors (Lipinski definition) is 9. The number of carboxylic acids is 1. The van der Waals surface area contributed by atoms with Gasteiger partial charge >= 0.3 is 11.9 Å². The molecule has 0 aromatic heterocycles. The molecular weight excluding hydrogens is 472 g/mol. The van der Waals surface area contributed by atoms with Gasteiger partial charge < -0.3 is 40.5 Å². The molecule has 0 heterocycles. The summed E-state index contributed by atoms with van der Waals surface area (Å²) in [5, 5.41) is 67.1. The molecule has 0 aliphatic heterocycles. The molecule has 0 unspecified atom stereocenters. The van der Waals surface area contributed by atoms with E-state index in [1.807, 2.05) is 0 Å². The molecule has 36 heavy (non-hydrogen) atoms. The van der Waals surface area contributed by atoms with Crippen LogP contribution >= 0.6 is 0 Å². The quantitative estimate of drug-likeness (QED) is 0.106. The fourth-order valence-electron chi connectivity index (χ4n) is 3.15. The van der Waals surface area contributed by atoms with Gasteiger partial charge in [0.1, 0.15) is 0 Å². The van der Waals surface area contributed by atoms with Gasteiger partial charge in [0.25, 0.3) is 0 Å². The van der Waals surface area contributed by atoms with Crippen molar-refractivity contribution >= 4 is 30.2 Å². The number of aliphatic carboxylic acids is 1. The molecule has 0 aliphatic rings. The zero-order chi connectivity index (χ0) is 26.4. The summed E-state index contributed by atoms with van der Waals surface area (Å²) in [6.45, 7) is 0. The highest BCUT2D eigenvalue weighted by Gasteiger charge is 2.22. The molecule has 7 N–H and O–H groups in total. The van der Waals surface area contributed by atoms with Crippen LogP contribution in [0.3, 0.4) is 0 Å². The molecule has 3 aromatic carbocycles. The Morgan fingerprint density at radius 3 is 1.83 bits per heavy atom. The third kappa shape index (κ3) is 6.48. The van der Waals surface area contributed by atoms with E-state index >= 15 is 0 Å². The van der Waals surface area contributed by atoms with Gasteiger partial charge in [0.2, 0.25) is 6.10 Å². The summed E-state index contributed by atoms with van der Waals surface area (Å²) in [7, 11) is 0. The lowest BCUT2D eigenvalue weighted by Crippen LogP contribution is -2.28. The summed E-state index contributed by atoms with van der Waals surface area (Å²) in [6.07, 6.45) is 3.42. The third-order valence-electron chi connectivity index (χ3n) is 5.03. The van der Waals surface area contributed by atoms with Crippen LogP contribution in [0.15, 0.2) is 54.6 Å². The van der Waals surface area contributed by atoms with E-state index < -0.39 is 35.3 Å². The number of hydrogen-bond donors (Lipinski definition) is 7. The Morgan fingerprint density at radius 1 is 0.694 bits per heavy atom. The predicted molar refractivity (Wildman–Crippen MR) is 128 cm³/mol. The zero-order valence-electron chi connectivity index (χ0n) is 18.6. The highest BCUT2D eigenvalue weighted by Crippen LogP contribution is 2.31. The number of carboxylic acid groups (broad SMARTS) is 1. The van der Waals surface area contributed by atoms with Crippen molar-refractivity contribution < 1.29 is 50.1 Å². The topological polar surface area (TPSA) is 185 Å². The Labute approximate surface area is 204 Å². The van der Waals surface area contributed by atoms with Crippen LogP contribution in [0.1, 0.15) is 22.3 Å². The van der Waals surface area contributed by atoms with Crippen LogP contribution in [-0.4, -0.2) is 53.8 Å².